The molecule has 0 aliphatic heterocycles. The van der Waals surface area contributed by atoms with E-state index >= 15 is 0 Å². The van der Waals surface area contributed by atoms with E-state index in [1.807, 2.05) is 25.1 Å². The summed E-state index contributed by atoms with van der Waals surface area (Å²) in [7, 11) is 2.06. The first-order chi connectivity index (χ1) is 10.1. The third-order valence-electron chi connectivity index (χ3n) is 3.37. The van der Waals surface area contributed by atoms with E-state index in [1.54, 1.807) is 0 Å². The maximum Gasteiger partial charge on any atom is 0.133 e. The van der Waals surface area contributed by atoms with Crippen molar-refractivity contribution in [1.82, 2.24) is 10.3 Å². The Morgan fingerprint density at radius 1 is 1.14 bits per heavy atom. The SMILES string of the molecule is Cc1cc(CNCC(C)C)cc(N(C)c2ccccc2)n1. The zero-order valence-corrected chi connectivity index (χ0v) is 13.4. The highest BCUT2D eigenvalue weighted by atomic mass is 15.2. The highest BCUT2D eigenvalue weighted by molar-refractivity contribution is 5.59. The summed E-state index contributed by atoms with van der Waals surface area (Å²) < 4.78 is 0. The number of rotatable bonds is 6. The number of aromatic nitrogens is 1. The first-order valence-electron chi connectivity index (χ1n) is 7.53. The van der Waals surface area contributed by atoms with Crippen molar-refractivity contribution in [3.05, 3.63) is 53.7 Å². The van der Waals surface area contributed by atoms with E-state index in [0.717, 1.165) is 30.3 Å². The fraction of sp³-hybridized carbons (Fsp3) is 0.389. The smallest absolute Gasteiger partial charge is 0.133 e. The van der Waals surface area contributed by atoms with Gasteiger partial charge in [0.1, 0.15) is 5.82 Å². The van der Waals surface area contributed by atoms with Gasteiger partial charge < -0.3 is 10.2 Å². The van der Waals surface area contributed by atoms with E-state index in [-0.39, 0.29) is 0 Å². The first-order valence-corrected chi connectivity index (χ1v) is 7.53. The number of anilines is 2. The molecule has 0 saturated carbocycles. The van der Waals surface area contributed by atoms with Crippen LogP contribution in [0.1, 0.15) is 25.1 Å². The van der Waals surface area contributed by atoms with E-state index in [2.05, 4.69) is 60.4 Å². The molecular formula is C18H25N3. The van der Waals surface area contributed by atoms with Gasteiger partial charge in [0.05, 0.1) is 0 Å². The standard InChI is InChI=1S/C18H25N3/c1-14(2)12-19-13-16-10-15(3)20-18(11-16)21(4)17-8-6-5-7-9-17/h5-11,14,19H,12-13H2,1-4H3. The van der Waals surface area contributed by atoms with Crippen molar-refractivity contribution < 1.29 is 0 Å². The summed E-state index contributed by atoms with van der Waals surface area (Å²) >= 11 is 0. The molecule has 1 N–H and O–H groups in total. The maximum atomic E-state index is 4.65. The molecule has 112 valence electrons. The molecule has 0 radical (unpaired) electrons. The van der Waals surface area contributed by atoms with Crippen LogP contribution < -0.4 is 10.2 Å². The molecule has 0 bridgehead atoms. The van der Waals surface area contributed by atoms with Crippen LogP contribution in [0, 0.1) is 12.8 Å². The lowest BCUT2D eigenvalue weighted by molar-refractivity contribution is 0.552. The van der Waals surface area contributed by atoms with Crippen LogP contribution >= 0.6 is 0 Å². The maximum absolute atomic E-state index is 4.65. The zero-order valence-electron chi connectivity index (χ0n) is 13.4. The molecule has 2 aromatic rings. The van der Waals surface area contributed by atoms with Crippen LogP contribution in [-0.4, -0.2) is 18.6 Å². The van der Waals surface area contributed by atoms with E-state index in [1.165, 1.54) is 5.56 Å². The lowest BCUT2D eigenvalue weighted by atomic mass is 10.2. The number of pyridine rings is 1. The normalized spacial score (nSPS) is 10.9. The van der Waals surface area contributed by atoms with Gasteiger partial charge in [0.2, 0.25) is 0 Å². The molecule has 0 amide bonds. The van der Waals surface area contributed by atoms with Crippen molar-refractivity contribution in [3.8, 4) is 0 Å². The van der Waals surface area contributed by atoms with Crippen LogP contribution in [0.15, 0.2) is 42.5 Å². The van der Waals surface area contributed by atoms with Gasteiger partial charge in [-0.15, -0.1) is 0 Å². The Bertz CT molecular complexity index is 564. The number of nitrogens with one attached hydrogen (secondary N) is 1. The molecule has 0 spiro atoms. The molecule has 1 heterocycles. The molecule has 0 saturated heterocycles. The molecule has 0 fully saturated rings. The largest absolute Gasteiger partial charge is 0.329 e. The van der Waals surface area contributed by atoms with Gasteiger partial charge in [-0.2, -0.15) is 0 Å². The fourth-order valence-electron chi connectivity index (χ4n) is 2.28. The zero-order chi connectivity index (χ0) is 15.2. The second-order valence-corrected chi connectivity index (χ2v) is 5.89. The predicted octanol–water partition coefficient (Wildman–Crippen LogP) is 3.90. The number of aryl methyl sites for hydroxylation is 1. The van der Waals surface area contributed by atoms with Crippen LogP contribution in [0.3, 0.4) is 0 Å². The molecule has 2 rings (SSSR count). The molecule has 0 aliphatic rings. The van der Waals surface area contributed by atoms with Crippen LogP contribution in [0.25, 0.3) is 0 Å². The summed E-state index contributed by atoms with van der Waals surface area (Å²) in [5.74, 6) is 1.65. The lowest BCUT2D eigenvalue weighted by Gasteiger charge is -2.20. The Balaban J connectivity index is 2.14. The summed E-state index contributed by atoms with van der Waals surface area (Å²) in [6.45, 7) is 8.41. The lowest BCUT2D eigenvalue weighted by Crippen LogP contribution is -2.19. The van der Waals surface area contributed by atoms with Crippen molar-refractivity contribution in [3.63, 3.8) is 0 Å². The molecule has 21 heavy (non-hydrogen) atoms. The fourth-order valence-corrected chi connectivity index (χ4v) is 2.28. The summed E-state index contributed by atoms with van der Waals surface area (Å²) in [5, 5.41) is 3.49. The van der Waals surface area contributed by atoms with Crippen LogP contribution in [0.5, 0.6) is 0 Å². The van der Waals surface area contributed by atoms with Crippen molar-refractivity contribution >= 4 is 11.5 Å². The van der Waals surface area contributed by atoms with Gasteiger partial charge in [-0.25, -0.2) is 4.98 Å². The van der Waals surface area contributed by atoms with E-state index in [0.29, 0.717) is 5.92 Å². The molecule has 1 aromatic heterocycles. The quantitative estimate of drug-likeness (QED) is 0.871. The number of hydrogen-bond donors (Lipinski definition) is 1. The van der Waals surface area contributed by atoms with Gasteiger partial charge in [0.15, 0.2) is 0 Å². The Kier molecular flexibility index (Phi) is 5.34. The third-order valence-corrected chi connectivity index (χ3v) is 3.37. The summed E-state index contributed by atoms with van der Waals surface area (Å²) in [6, 6.07) is 14.6. The van der Waals surface area contributed by atoms with E-state index < -0.39 is 0 Å². The molecule has 0 aliphatic carbocycles. The Hall–Kier alpha value is -1.87. The minimum atomic E-state index is 0.666. The van der Waals surface area contributed by atoms with Crippen molar-refractivity contribution in [2.45, 2.75) is 27.3 Å². The minimum absolute atomic E-state index is 0.666. The predicted molar refractivity (Wildman–Crippen MR) is 90.0 cm³/mol. The molecule has 0 atom stereocenters. The average molecular weight is 283 g/mol. The van der Waals surface area contributed by atoms with E-state index in [9.17, 15) is 0 Å². The monoisotopic (exact) mass is 283 g/mol. The first kappa shape index (κ1) is 15.5. The number of nitrogens with zero attached hydrogens (tertiary/aromatic N) is 2. The summed E-state index contributed by atoms with van der Waals surface area (Å²) in [5.41, 5.74) is 3.48. The highest BCUT2D eigenvalue weighted by Crippen LogP contribution is 2.22. The van der Waals surface area contributed by atoms with Crippen molar-refractivity contribution in [1.29, 1.82) is 0 Å². The number of para-hydroxylation sites is 1. The van der Waals surface area contributed by atoms with Gasteiger partial charge in [-0.1, -0.05) is 32.0 Å². The molecule has 3 nitrogen and oxygen atoms in total. The van der Waals surface area contributed by atoms with Gasteiger partial charge in [-0.05, 0) is 49.2 Å². The molecule has 3 heteroatoms. The van der Waals surface area contributed by atoms with Crippen molar-refractivity contribution in [2.75, 3.05) is 18.5 Å². The van der Waals surface area contributed by atoms with Gasteiger partial charge in [-0.3, -0.25) is 0 Å². The minimum Gasteiger partial charge on any atom is -0.329 e. The molecule has 1 aromatic carbocycles. The number of hydrogen-bond acceptors (Lipinski definition) is 3. The second kappa shape index (κ2) is 7.23. The number of benzene rings is 1. The topological polar surface area (TPSA) is 28.2 Å². The van der Waals surface area contributed by atoms with Gasteiger partial charge >= 0.3 is 0 Å². The summed E-state index contributed by atoms with van der Waals surface area (Å²) in [4.78, 5) is 6.78. The second-order valence-electron chi connectivity index (χ2n) is 5.89. The molecule has 0 unspecified atom stereocenters. The Morgan fingerprint density at radius 2 is 1.86 bits per heavy atom. The van der Waals surface area contributed by atoms with Gasteiger partial charge in [0.25, 0.3) is 0 Å². The Labute approximate surface area is 128 Å². The van der Waals surface area contributed by atoms with Gasteiger partial charge in [0, 0.05) is 25.0 Å². The third kappa shape index (κ3) is 4.57. The van der Waals surface area contributed by atoms with Crippen molar-refractivity contribution in [2.24, 2.45) is 5.92 Å². The van der Waals surface area contributed by atoms with Crippen LogP contribution in [-0.2, 0) is 6.54 Å². The Morgan fingerprint density at radius 3 is 2.52 bits per heavy atom. The highest BCUT2D eigenvalue weighted by Gasteiger charge is 2.07. The van der Waals surface area contributed by atoms with Crippen LogP contribution in [0.2, 0.25) is 0 Å². The molecular weight excluding hydrogens is 258 g/mol. The summed E-state index contributed by atoms with van der Waals surface area (Å²) in [6.07, 6.45) is 0. The van der Waals surface area contributed by atoms with Crippen LogP contribution in [0.4, 0.5) is 11.5 Å². The average Bonchev–Trinajstić information content (AvgIpc) is 2.46. The van der Waals surface area contributed by atoms with E-state index in [4.69, 9.17) is 0 Å².